The highest BCUT2D eigenvalue weighted by atomic mass is 19.1. The van der Waals surface area contributed by atoms with Gasteiger partial charge in [-0.15, -0.1) is 0 Å². The largest absolute Gasteiger partial charge is 0.461 e. The van der Waals surface area contributed by atoms with Crippen molar-refractivity contribution in [3.8, 4) is 0 Å². The summed E-state index contributed by atoms with van der Waals surface area (Å²) >= 11 is 0. The van der Waals surface area contributed by atoms with Gasteiger partial charge >= 0.3 is 0 Å². The van der Waals surface area contributed by atoms with Gasteiger partial charge in [0.15, 0.2) is 17.2 Å². The quantitative estimate of drug-likeness (QED) is 0.764. The summed E-state index contributed by atoms with van der Waals surface area (Å²) in [5, 5.41) is 0.669. The molecule has 0 saturated carbocycles. The van der Waals surface area contributed by atoms with Gasteiger partial charge in [0, 0.05) is 5.39 Å². The standard InChI is InChI=1S/C13H14FNO2/c1-3-15(2)8-11(16)10-5-4-9-6-7-17-13(9)12(10)14/h4-7H,3,8H2,1-2H3. The van der Waals surface area contributed by atoms with E-state index in [9.17, 15) is 9.18 Å². The smallest absolute Gasteiger partial charge is 0.179 e. The molecule has 0 aliphatic rings. The number of fused-ring (bicyclic) bond motifs is 1. The van der Waals surface area contributed by atoms with Crippen LogP contribution in [0.5, 0.6) is 0 Å². The molecule has 0 aliphatic heterocycles. The van der Waals surface area contributed by atoms with Crippen molar-refractivity contribution < 1.29 is 13.6 Å². The molecule has 0 radical (unpaired) electrons. The number of Topliss-reactive ketones (excluding diaryl/α,β-unsaturated/α-hetero) is 1. The van der Waals surface area contributed by atoms with Crippen LogP contribution in [0.4, 0.5) is 4.39 Å². The maximum Gasteiger partial charge on any atom is 0.179 e. The monoisotopic (exact) mass is 235 g/mol. The Morgan fingerprint density at radius 2 is 2.18 bits per heavy atom. The molecular weight excluding hydrogens is 221 g/mol. The summed E-state index contributed by atoms with van der Waals surface area (Å²) in [4.78, 5) is 13.7. The van der Waals surface area contributed by atoms with Gasteiger partial charge in [0.25, 0.3) is 0 Å². The van der Waals surface area contributed by atoms with Gasteiger partial charge in [-0.05, 0) is 25.7 Å². The van der Waals surface area contributed by atoms with Gasteiger partial charge in [0.2, 0.25) is 0 Å². The molecule has 17 heavy (non-hydrogen) atoms. The molecule has 2 rings (SSSR count). The molecule has 0 fully saturated rings. The van der Waals surface area contributed by atoms with Gasteiger partial charge in [-0.1, -0.05) is 13.0 Å². The van der Waals surface area contributed by atoms with Crippen LogP contribution in [0.2, 0.25) is 0 Å². The first-order valence-corrected chi connectivity index (χ1v) is 5.51. The lowest BCUT2D eigenvalue weighted by Crippen LogP contribution is -2.26. The zero-order valence-corrected chi connectivity index (χ0v) is 9.87. The van der Waals surface area contributed by atoms with Crippen molar-refractivity contribution in [2.45, 2.75) is 6.92 Å². The molecule has 0 saturated heterocycles. The van der Waals surface area contributed by atoms with Crippen LogP contribution in [-0.4, -0.2) is 30.8 Å². The van der Waals surface area contributed by atoms with Crippen LogP contribution in [0, 0.1) is 5.82 Å². The SMILES string of the molecule is CCN(C)CC(=O)c1ccc2ccoc2c1F. The average molecular weight is 235 g/mol. The number of ketones is 1. The lowest BCUT2D eigenvalue weighted by atomic mass is 10.1. The number of carbonyl (C=O) groups is 1. The third-order valence-electron chi connectivity index (χ3n) is 2.81. The minimum atomic E-state index is -0.568. The minimum absolute atomic E-state index is 0.0905. The average Bonchev–Trinajstić information content (AvgIpc) is 2.78. The number of halogens is 1. The summed E-state index contributed by atoms with van der Waals surface area (Å²) in [7, 11) is 1.82. The summed E-state index contributed by atoms with van der Waals surface area (Å²) in [5.74, 6) is -0.799. The Kier molecular flexibility index (Phi) is 3.24. The second-order valence-electron chi connectivity index (χ2n) is 4.02. The van der Waals surface area contributed by atoms with Crippen molar-refractivity contribution in [1.29, 1.82) is 0 Å². The normalized spacial score (nSPS) is 11.3. The number of benzene rings is 1. The first-order chi connectivity index (χ1) is 8.13. The Bertz CT molecular complexity index is 547. The Hall–Kier alpha value is -1.68. The van der Waals surface area contributed by atoms with E-state index in [1.807, 2.05) is 18.9 Å². The third kappa shape index (κ3) is 2.22. The predicted octanol–water partition coefficient (Wildman–Crippen LogP) is 2.71. The fraction of sp³-hybridized carbons (Fsp3) is 0.308. The number of furan rings is 1. The van der Waals surface area contributed by atoms with E-state index in [0.29, 0.717) is 5.39 Å². The molecule has 0 amide bonds. The number of carbonyl (C=O) groups excluding carboxylic acids is 1. The van der Waals surface area contributed by atoms with E-state index in [0.717, 1.165) is 6.54 Å². The predicted molar refractivity (Wildman–Crippen MR) is 63.7 cm³/mol. The lowest BCUT2D eigenvalue weighted by Gasteiger charge is -2.12. The Labute approximate surface area is 98.8 Å². The summed E-state index contributed by atoms with van der Waals surface area (Å²) in [6.45, 7) is 2.90. The highest BCUT2D eigenvalue weighted by molar-refractivity contribution is 6.00. The van der Waals surface area contributed by atoms with Crippen LogP contribution >= 0.6 is 0 Å². The van der Waals surface area contributed by atoms with Crippen molar-refractivity contribution in [2.75, 3.05) is 20.1 Å². The van der Waals surface area contributed by atoms with E-state index in [2.05, 4.69) is 0 Å². The van der Waals surface area contributed by atoms with E-state index in [4.69, 9.17) is 4.42 Å². The summed E-state index contributed by atoms with van der Waals surface area (Å²) in [5.41, 5.74) is 0.239. The number of rotatable bonds is 4. The van der Waals surface area contributed by atoms with E-state index in [1.54, 1.807) is 12.1 Å². The van der Waals surface area contributed by atoms with Crippen molar-refractivity contribution in [2.24, 2.45) is 0 Å². The fourth-order valence-electron chi connectivity index (χ4n) is 1.65. The van der Waals surface area contributed by atoms with Crippen LogP contribution < -0.4 is 0 Å². The summed E-state index contributed by atoms with van der Waals surface area (Å²) < 4.78 is 19.0. The molecule has 0 unspecified atom stereocenters. The highest BCUT2D eigenvalue weighted by Gasteiger charge is 2.17. The molecule has 1 heterocycles. The molecule has 0 bridgehead atoms. The van der Waals surface area contributed by atoms with Gasteiger partial charge in [-0.2, -0.15) is 0 Å². The third-order valence-corrected chi connectivity index (χ3v) is 2.81. The molecule has 3 nitrogen and oxygen atoms in total. The number of nitrogens with zero attached hydrogens (tertiary/aromatic N) is 1. The minimum Gasteiger partial charge on any atom is -0.461 e. The van der Waals surface area contributed by atoms with E-state index >= 15 is 0 Å². The molecule has 0 atom stereocenters. The number of hydrogen-bond donors (Lipinski definition) is 0. The van der Waals surface area contributed by atoms with Gasteiger partial charge in [0.1, 0.15) is 0 Å². The maximum absolute atomic E-state index is 14.0. The molecule has 0 N–H and O–H groups in total. The number of likely N-dealkylation sites (N-methyl/N-ethyl adjacent to an activating group) is 1. The second-order valence-corrected chi connectivity index (χ2v) is 4.02. The molecule has 1 aromatic heterocycles. The van der Waals surface area contributed by atoms with Crippen LogP contribution in [0.15, 0.2) is 28.9 Å². The Morgan fingerprint density at radius 3 is 2.88 bits per heavy atom. The van der Waals surface area contributed by atoms with E-state index in [1.165, 1.54) is 12.3 Å². The topological polar surface area (TPSA) is 33.5 Å². The first kappa shape index (κ1) is 11.8. The molecule has 90 valence electrons. The highest BCUT2D eigenvalue weighted by Crippen LogP contribution is 2.22. The molecular formula is C13H14FNO2. The van der Waals surface area contributed by atoms with Gasteiger partial charge < -0.3 is 4.42 Å². The Balaban J connectivity index is 2.35. The molecule has 0 aliphatic carbocycles. The van der Waals surface area contributed by atoms with Crippen LogP contribution in [0.25, 0.3) is 11.0 Å². The lowest BCUT2D eigenvalue weighted by molar-refractivity contribution is 0.0945. The van der Waals surface area contributed by atoms with Gasteiger partial charge in [-0.25, -0.2) is 4.39 Å². The molecule has 0 spiro atoms. The maximum atomic E-state index is 14.0. The zero-order valence-electron chi connectivity index (χ0n) is 9.87. The van der Waals surface area contributed by atoms with Crippen LogP contribution in [-0.2, 0) is 0 Å². The van der Waals surface area contributed by atoms with Gasteiger partial charge in [0.05, 0.1) is 18.4 Å². The number of hydrogen-bond acceptors (Lipinski definition) is 3. The first-order valence-electron chi connectivity index (χ1n) is 5.51. The van der Waals surface area contributed by atoms with Crippen molar-refractivity contribution in [3.05, 3.63) is 35.8 Å². The second kappa shape index (κ2) is 4.67. The van der Waals surface area contributed by atoms with Crippen molar-refractivity contribution in [3.63, 3.8) is 0 Å². The Morgan fingerprint density at radius 1 is 1.41 bits per heavy atom. The summed E-state index contributed by atoms with van der Waals surface area (Å²) in [6, 6.07) is 4.88. The zero-order chi connectivity index (χ0) is 12.4. The summed E-state index contributed by atoms with van der Waals surface area (Å²) in [6.07, 6.45) is 1.42. The molecule has 1 aromatic carbocycles. The van der Waals surface area contributed by atoms with E-state index < -0.39 is 5.82 Å². The molecule has 4 heteroatoms. The fourth-order valence-corrected chi connectivity index (χ4v) is 1.65. The van der Waals surface area contributed by atoms with Crippen molar-refractivity contribution >= 4 is 16.8 Å². The van der Waals surface area contributed by atoms with Crippen molar-refractivity contribution in [1.82, 2.24) is 4.90 Å². The van der Waals surface area contributed by atoms with Crippen LogP contribution in [0.3, 0.4) is 0 Å². The molecule has 2 aromatic rings. The van der Waals surface area contributed by atoms with Crippen LogP contribution in [0.1, 0.15) is 17.3 Å². The van der Waals surface area contributed by atoms with E-state index in [-0.39, 0.29) is 23.5 Å². The van der Waals surface area contributed by atoms with Gasteiger partial charge in [-0.3, -0.25) is 9.69 Å².